The zero-order chi connectivity index (χ0) is 17.6. The minimum absolute atomic E-state index is 0.202. The fourth-order valence-corrected chi connectivity index (χ4v) is 5.37. The fraction of sp³-hybridized carbons (Fsp3) is 0.222. The Balaban J connectivity index is 1.55. The molecule has 1 heterocycles. The first kappa shape index (κ1) is 18.2. The maximum Gasteiger partial charge on any atom is 0.175 e. The molecule has 0 amide bonds. The van der Waals surface area contributed by atoms with Gasteiger partial charge in [0.2, 0.25) is 0 Å². The lowest BCUT2D eigenvalue weighted by Crippen LogP contribution is -1.88. The smallest absolute Gasteiger partial charge is 0.175 e. The van der Waals surface area contributed by atoms with Crippen molar-refractivity contribution < 1.29 is 9.13 Å². The van der Waals surface area contributed by atoms with Crippen molar-refractivity contribution in [3.8, 4) is 5.75 Å². The van der Waals surface area contributed by atoms with Crippen LogP contribution in [0.1, 0.15) is 23.3 Å². The average molecular weight is 393 g/mol. The minimum Gasteiger partial charge on any atom is -0.497 e. The van der Waals surface area contributed by atoms with Crippen molar-refractivity contribution in [2.75, 3.05) is 7.11 Å². The normalized spacial score (nSPS) is 12.1. The molecule has 0 saturated heterocycles. The summed E-state index contributed by atoms with van der Waals surface area (Å²) in [6, 6.07) is 14.6. The van der Waals surface area contributed by atoms with Crippen LogP contribution in [-0.2, 0) is 5.75 Å². The molecule has 0 spiro atoms. The van der Waals surface area contributed by atoms with Crippen LogP contribution in [0.15, 0.2) is 57.2 Å². The summed E-state index contributed by atoms with van der Waals surface area (Å²) in [5, 5.41) is 8.71. The lowest BCUT2D eigenvalue weighted by Gasteiger charge is -2.08. The molecule has 0 aliphatic carbocycles. The molecular weight excluding hydrogens is 375 g/mol. The second-order valence-electron chi connectivity index (χ2n) is 5.28. The van der Waals surface area contributed by atoms with Gasteiger partial charge in [-0.2, -0.15) is 0 Å². The van der Waals surface area contributed by atoms with E-state index in [-0.39, 0.29) is 11.1 Å². The Kier molecular flexibility index (Phi) is 6.34. The maximum atomic E-state index is 13.0. The second kappa shape index (κ2) is 8.69. The number of aromatic nitrogens is 2. The van der Waals surface area contributed by atoms with Gasteiger partial charge in [-0.05, 0) is 42.3 Å². The van der Waals surface area contributed by atoms with Crippen molar-refractivity contribution in [1.82, 2.24) is 10.2 Å². The van der Waals surface area contributed by atoms with Crippen molar-refractivity contribution in [2.24, 2.45) is 0 Å². The summed E-state index contributed by atoms with van der Waals surface area (Å²) in [6.45, 7) is 2.09. The lowest BCUT2D eigenvalue weighted by atomic mass is 10.2. The maximum absolute atomic E-state index is 13.0. The van der Waals surface area contributed by atoms with Crippen LogP contribution < -0.4 is 4.74 Å². The van der Waals surface area contributed by atoms with E-state index in [4.69, 9.17) is 4.74 Å². The van der Waals surface area contributed by atoms with Crippen molar-refractivity contribution in [3.63, 3.8) is 0 Å². The highest BCUT2D eigenvalue weighted by Crippen LogP contribution is 2.38. The minimum atomic E-state index is -0.214. The molecule has 0 aliphatic heterocycles. The Bertz CT molecular complexity index is 806. The average Bonchev–Trinajstić information content (AvgIpc) is 3.08. The topological polar surface area (TPSA) is 35.0 Å². The van der Waals surface area contributed by atoms with E-state index in [0.29, 0.717) is 0 Å². The van der Waals surface area contributed by atoms with Gasteiger partial charge in [0, 0.05) is 11.0 Å². The second-order valence-corrected chi connectivity index (χ2v) is 9.07. The van der Waals surface area contributed by atoms with E-state index in [9.17, 15) is 4.39 Å². The van der Waals surface area contributed by atoms with Gasteiger partial charge in [-0.1, -0.05) is 59.1 Å². The van der Waals surface area contributed by atoms with Crippen LogP contribution in [0.5, 0.6) is 5.75 Å². The SMILES string of the molecule is COc1ccc(CSc2nnc(S[C@@H](C)c3ccc(F)cc3)s2)cc1. The first-order valence-electron chi connectivity index (χ1n) is 7.65. The number of hydrogen-bond acceptors (Lipinski definition) is 6. The van der Waals surface area contributed by atoms with Crippen molar-refractivity contribution >= 4 is 34.9 Å². The van der Waals surface area contributed by atoms with Gasteiger partial charge >= 0.3 is 0 Å². The Labute approximate surface area is 159 Å². The van der Waals surface area contributed by atoms with Crippen LogP contribution in [0.3, 0.4) is 0 Å². The standard InChI is InChI=1S/C18H17FN2OS3/c1-12(14-5-7-15(19)8-6-14)24-18-21-20-17(25-18)23-11-13-3-9-16(22-2)10-4-13/h3-10,12H,11H2,1-2H3/t12-/m0/s1. The largest absolute Gasteiger partial charge is 0.497 e. The highest BCUT2D eigenvalue weighted by atomic mass is 32.2. The van der Waals surface area contributed by atoms with E-state index >= 15 is 0 Å². The summed E-state index contributed by atoms with van der Waals surface area (Å²) in [5.41, 5.74) is 2.30. The third-order valence-corrected chi connectivity index (χ3v) is 6.90. The molecule has 0 saturated carbocycles. The number of rotatable bonds is 7. The molecule has 25 heavy (non-hydrogen) atoms. The van der Waals surface area contributed by atoms with Crippen LogP contribution in [0.4, 0.5) is 4.39 Å². The number of benzene rings is 2. The number of ether oxygens (including phenoxy) is 1. The summed E-state index contributed by atoms with van der Waals surface area (Å²) < 4.78 is 20.0. The summed E-state index contributed by atoms with van der Waals surface area (Å²) >= 11 is 4.91. The van der Waals surface area contributed by atoms with Gasteiger partial charge in [0.05, 0.1) is 7.11 Å². The van der Waals surface area contributed by atoms with Gasteiger partial charge in [-0.15, -0.1) is 10.2 Å². The fourth-order valence-electron chi connectivity index (χ4n) is 2.12. The molecule has 130 valence electrons. The molecule has 3 rings (SSSR count). The predicted molar refractivity (Wildman–Crippen MR) is 103 cm³/mol. The van der Waals surface area contributed by atoms with E-state index < -0.39 is 0 Å². The number of hydrogen-bond donors (Lipinski definition) is 0. The molecule has 7 heteroatoms. The first-order valence-corrected chi connectivity index (χ1v) is 10.3. The first-order chi connectivity index (χ1) is 12.1. The number of thioether (sulfide) groups is 2. The van der Waals surface area contributed by atoms with Gasteiger partial charge in [0.15, 0.2) is 8.68 Å². The third-order valence-electron chi connectivity index (χ3n) is 3.53. The van der Waals surface area contributed by atoms with Gasteiger partial charge in [-0.25, -0.2) is 4.39 Å². The Morgan fingerprint density at radius 1 is 1.04 bits per heavy atom. The van der Waals surface area contributed by atoms with E-state index in [1.54, 1.807) is 42.0 Å². The zero-order valence-electron chi connectivity index (χ0n) is 13.8. The number of halogens is 1. The highest BCUT2D eigenvalue weighted by molar-refractivity contribution is 8.03. The van der Waals surface area contributed by atoms with Crippen molar-refractivity contribution in [2.45, 2.75) is 26.6 Å². The number of methoxy groups -OCH3 is 1. The van der Waals surface area contributed by atoms with Crippen LogP contribution in [-0.4, -0.2) is 17.3 Å². The van der Waals surface area contributed by atoms with E-state index in [1.807, 2.05) is 24.3 Å². The molecule has 0 bridgehead atoms. The van der Waals surface area contributed by atoms with E-state index in [0.717, 1.165) is 25.7 Å². The molecule has 0 fully saturated rings. The zero-order valence-corrected chi connectivity index (χ0v) is 16.3. The van der Waals surface area contributed by atoms with Crippen molar-refractivity contribution in [3.05, 3.63) is 65.5 Å². The third kappa shape index (κ3) is 5.20. The molecule has 3 aromatic rings. The van der Waals surface area contributed by atoms with Gasteiger partial charge in [0.25, 0.3) is 0 Å². The summed E-state index contributed by atoms with van der Waals surface area (Å²) in [6.07, 6.45) is 0. The summed E-state index contributed by atoms with van der Waals surface area (Å²) in [5.74, 6) is 1.49. The van der Waals surface area contributed by atoms with Crippen LogP contribution in [0.2, 0.25) is 0 Å². The van der Waals surface area contributed by atoms with E-state index in [2.05, 4.69) is 29.3 Å². The van der Waals surface area contributed by atoms with Gasteiger partial charge in [-0.3, -0.25) is 0 Å². The molecule has 1 aromatic heterocycles. The number of nitrogens with zero attached hydrogens (tertiary/aromatic N) is 2. The Hall–Kier alpha value is -1.57. The molecule has 0 N–H and O–H groups in total. The van der Waals surface area contributed by atoms with Crippen molar-refractivity contribution in [1.29, 1.82) is 0 Å². The molecule has 0 aliphatic rings. The summed E-state index contributed by atoms with van der Waals surface area (Å²) in [4.78, 5) is 0. The van der Waals surface area contributed by atoms with Crippen LogP contribution >= 0.6 is 34.9 Å². The van der Waals surface area contributed by atoms with Gasteiger partial charge in [0.1, 0.15) is 11.6 Å². The predicted octanol–water partition coefficient (Wildman–Crippen LogP) is 5.83. The molecular formula is C18H17FN2OS3. The quantitative estimate of drug-likeness (QED) is 0.473. The Morgan fingerprint density at radius 2 is 1.72 bits per heavy atom. The van der Waals surface area contributed by atoms with Crippen LogP contribution in [0.25, 0.3) is 0 Å². The summed E-state index contributed by atoms with van der Waals surface area (Å²) in [7, 11) is 1.66. The molecule has 1 atom stereocenters. The lowest BCUT2D eigenvalue weighted by molar-refractivity contribution is 0.414. The molecule has 0 radical (unpaired) electrons. The van der Waals surface area contributed by atoms with Gasteiger partial charge < -0.3 is 4.74 Å². The molecule has 2 aromatic carbocycles. The molecule has 0 unspecified atom stereocenters. The van der Waals surface area contributed by atoms with Crippen LogP contribution in [0, 0.1) is 5.82 Å². The molecule has 3 nitrogen and oxygen atoms in total. The van der Waals surface area contributed by atoms with E-state index in [1.165, 1.54) is 17.7 Å². The highest BCUT2D eigenvalue weighted by Gasteiger charge is 2.12. The Morgan fingerprint density at radius 3 is 2.40 bits per heavy atom. The monoisotopic (exact) mass is 392 g/mol.